The Labute approximate surface area is 130 Å². The number of benzene rings is 2. The van der Waals surface area contributed by atoms with E-state index in [1.54, 1.807) is 19.1 Å². The molecule has 1 nitrogen and oxygen atoms in total. The predicted molar refractivity (Wildman–Crippen MR) is 79.9 cm³/mol. The third kappa shape index (κ3) is 3.00. The molecule has 0 heterocycles. The van der Waals surface area contributed by atoms with Crippen molar-refractivity contribution in [1.29, 1.82) is 0 Å². The minimum Gasteiger partial charge on any atom is -0.376 e. The molecule has 20 heavy (non-hydrogen) atoms. The Bertz CT molecular complexity index is 602. The second-order valence-corrected chi connectivity index (χ2v) is 5.42. The molecule has 0 radical (unpaired) electrons. The Morgan fingerprint density at radius 3 is 2.35 bits per heavy atom. The molecular formula is C14H10Cl3F2N. The fraction of sp³-hybridized carbons (Fsp3) is 0.143. The molecule has 0 spiro atoms. The van der Waals surface area contributed by atoms with Gasteiger partial charge in [-0.2, -0.15) is 0 Å². The van der Waals surface area contributed by atoms with Gasteiger partial charge in [-0.25, -0.2) is 8.78 Å². The fourth-order valence-corrected chi connectivity index (χ4v) is 2.41. The van der Waals surface area contributed by atoms with Gasteiger partial charge < -0.3 is 5.32 Å². The first-order valence-corrected chi connectivity index (χ1v) is 6.86. The highest BCUT2D eigenvalue weighted by molar-refractivity contribution is 6.44. The summed E-state index contributed by atoms with van der Waals surface area (Å²) in [4.78, 5) is 0. The molecule has 0 saturated heterocycles. The lowest BCUT2D eigenvalue weighted by Crippen LogP contribution is -2.06. The van der Waals surface area contributed by atoms with Crippen molar-refractivity contribution in [3.05, 3.63) is 62.1 Å². The Morgan fingerprint density at radius 2 is 1.65 bits per heavy atom. The van der Waals surface area contributed by atoms with Crippen LogP contribution in [0.15, 0.2) is 24.3 Å². The molecule has 0 saturated carbocycles. The summed E-state index contributed by atoms with van der Waals surface area (Å²) in [5, 5.41) is 3.64. The third-order valence-corrected chi connectivity index (χ3v) is 4.06. The van der Waals surface area contributed by atoms with E-state index in [0.29, 0.717) is 21.2 Å². The summed E-state index contributed by atoms with van der Waals surface area (Å²) in [6.45, 7) is 1.62. The number of nitrogens with one attached hydrogen (secondary N) is 1. The molecule has 0 aliphatic carbocycles. The topological polar surface area (TPSA) is 12.0 Å². The fourth-order valence-electron chi connectivity index (χ4n) is 1.73. The first-order valence-electron chi connectivity index (χ1n) is 5.72. The van der Waals surface area contributed by atoms with Gasteiger partial charge in [0.1, 0.15) is 11.5 Å². The average Bonchev–Trinajstić information content (AvgIpc) is 2.42. The van der Waals surface area contributed by atoms with E-state index in [9.17, 15) is 8.78 Å². The number of hydrogen-bond acceptors (Lipinski definition) is 1. The maximum atomic E-state index is 13.9. The summed E-state index contributed by atoms with van der Waals surface area (Å²) in [6, 6.07) is 5.70. The largest absolute Gasteiger partial charge is 0.376 e. The van der Waals surface area contributed by atoms with Gasteiger partial charge in [-0.3, -0.25) is 0 Å². The average molecular weight is 337 g/mol. The predicted octanol–water partition coefficient (Wildman–Crippen LogP) is 5.85. The second kappa shape index (κ2) is 6.17. The van der Waals surface area contributed by atoms with Gasteiger partial charge in [-0.15, -0.1) is 0 Å². The molecule has 6 heteroatoms. The monoisotopic (exact) mass is 335 g/mol. The van der Waals surface area contributed by atoms with Crippen LogP contribution in [0.25, 0.3) is 0 Å². The highest BCUT2D eigenvalue weighted by atomic mass is 35.5. The molecular weight excluding hydrogens is 327 g/mol. The zero-order valence-corrected chi connectivity index (χ0v) is 12.7. The van der Waals surface area contributed by atoms with Gasteiger partial charge in [-0.1, -0.05) is 40.9 Å². The van der Waals surface area contributed by atoms with Gasteiger partial charge in [0.25, 0.3) is 0 Å². The van der Waals surface area contributed by atoms with Gasteiger partial charge in [0.05, 0.1) is 10.0 Å². The van der Waals surface area contributed by atoms with Crippen molar-refractivity contribution < 1.29 is 8.78 Å². The van der Waals surface area contributed by atoms with Crippen molar-refractivity contribution in [3.8, 4) is 0 Å². The first kappa shape index (κ1) is 15.4. The number of aryl methyl sites for hydroxylation is 1. The number of anilines is 1. The van der Waals surface area contributed by atoms with E-state index in [-0.39, 0.29) is 17.3 Å². The Morgan fingerprint density at radius 1 is 1.00 bits per heavy atom. The smallest absolute Gasteiger partial charge is 0.152 e. The highest BCUT2D eigenvalue weighted by Crippen LogP contribution is 2.32. The maximum absolute atomic E-state index is 13.9. The van der Waals surface area contributed by atoms with Crippen LogP contribution in [0.1, 0.15) is 11.1 Å². The molecule has 2 aromatic rings. The minimum absolute atomic E-state index is 0.0650. The van der Waals surface area contributed by atoms with E-state index in [1.165, 1.54) is 12.1 Å². The lowest BCUT2D eigenvalue weighted by molar-refractivity contribution is 0.582. The van der Waals surface area contributed by atoms with Crippen molar-refractivity contribution in [2.75, 3.05) is 5.32 Å². The number of hydrogen-bond donors (Lipinski definition) is 1. The molecule has 0 aromatic heterocycles. The Balaban J connectivity index is 2.31. The third-order valence-electron chi connectivity index (χ3n) is 2.87. The van der Waals surface area contributed by atoms with E-state index in [0.717, 1.165) is 0 Å². The van der Waals surface area contributed by atoms with Crippen LogP contribution >= 0.6 is 34.8 Å². The van der Waals surface area contributed by atoms with E-state index in [1.807, 2.05) is 0 Å². The molecule has 0 unspecified atom stereocenters. The van der Waals surface area contributed by atoms with Crippen molar-refractivity contribution in [2.24, 2.45) is 0 Å². The quantitative estimate of drug-likeness (QED) is 0.694. The first-order chi connectivity index (χ1) is 9.41. The Kier molecular flexibility index (Phi) is 4.74. The molecule has 2 rings (SSSR count). The van der Waals surface area contributed by atoms with E-state index in [2.05, 4.69) is 5.32 Å². The number of halogens is 5. The molecule has 0 bridgehead atoms. The lowest BCUT2D eigenvalue weighted by Gasteiger charge is -2.13. The van der Waals surface area contributed by atoms with Crippen LogP contribution in [-0.4, -0.2) is 0 Å². The van der Waals surface area contributed by atoms with Crippen molar-refractivity contribution in [3.63, 3.8) is 0 Å². The molecule has 0 aliphatic rings. The summed E-state index contributed by atoms with van der Waals surface area (Å²) in [6.07, 6.45) is 0. The van der Waals surface area contributed by atoms with Crippen LogP contribution in [0.2, 0.25) is 15.1 Å². The molecule has 1 N–H and O–H groups in total. The van der Waals surface area contributed by atoms with Crippen molar-refractivity contribution in [1.82, 2.24) is 0 Å². The van der Waals surface area contributed by atoms with Crippen LogP contribution in [0.4, 0.5) is 14.5 Å². The molecule has 0 atom stereocenters. The highest BCUT2D eigenvalue weighted by Gasteiger charge is 2.14. The molecule has 0 fully saturated rings. The van der Waals surface area contributed by atoms with Crippen LogP contribution in [0, 0.1) is 18.6 Å². The Hall–Kier alpha value is -1.03. The van der Waals surface area contributed by atoms with E-state index in [4.69, 9.17) is 34.8 Å². The normalized spacial score (nSPS) is 10.7. The van der Waals surface area contributed by atoms with Crippen LogP contribution in [0.3, 0.4) is 0 Å². The van der Waals surface area contributed by atoms with Crippen LogP contribution in [-0.2, 0) is 6.54 Å². The van der Waals surface area contributed by atoms with Gasteiger partial charge in [0.15, 0.2) is 5.82 Å². The van der Waals surface area contributed by atoms with Gasteiger partial charge in [0, 0.05) is 17.1 Å². The molecule has 0 aliphatic heterocycles. The summed E-state index contributed by atoms with van der Waals surface area (Å²) in [7, 11) is 0. The van der Waals surface area contributed by atoms with Crippen LogP contribution < -0.4 is 5.32 Å². The molecule has 0 amide bonds. The van der Waals surface area contributed by atoms with Gasteiger partial charge in [0.2, 0.25) is 0 Å². The minimum atomic E-state index is -0.678. The van der Waals surface area contributed by atoms with Crippen molar-refractivity contribution >= 4 is 40.5 Å². The van der Waals surface area contributed by atoms with Crippen LogP contribution in [0.5, 0.6) is 0 Å². The standard InChI is InChI=1S/C14H10Cl3F2N/c1-7-2-5-11(18)14(13(7)19)20-6-8-9(15)3-4-10(16)12(8)17/h2-5,20H,6H2,1H3. The van der Waals surface area contributed by atoms with E-state index < -0.39 is 11.6 Å². The molecule has 106 valence electrons. The molecule has 2 aromatic carbocycles. The summed E-state index contributed by atoms with van der Waals surface area (Å²) < 4.78 is 27.5. The summed E-state index contributed by atoms with van der Waals surface area (Å²) >= 11 is 17.9. The zero-order chi connectivity index (χ0) is 14.9. The summed E-state index contributed by atoms with van der Waals surface area (Å²) in [5.74, 6) is -1.32. The SMILES string of the molecule is Cc1ccc(F)c(NCc2c(Cl)ccc(Cl)c2Cl)c1F. The zero-order valence-electron chi connectivity index (χ0n) is 10.4. The van der Waals surface area contributed by atoms with E-state index >= 15 is 0 Å². The van der Waals surface area contributed by atoms with Crippen molar-refractivity contribution in [2.45, 2.75) is 13.5 Å². The van der Waals surface area contributed by atoms with Gasteiger partial charge in [-0.05, 0) is 30.7 Å². The van der Waals surface area contributed by atoms with Gasteiger partial charge >= 0.3 is 0 Å². The number of rotatable bonds is 3. The maximum Gasteiger partial charge on any atom is 0.152 e. The second-order valence-electron chi connectivity index (χ2n) is 4.23. The summed E-state index contributed by atoms with van der Waals surface area (Å²) in [5.41, 5.74) is 0.621. The lowest BCUT2D eigenvalue weighted by atomic mass is 10.1.